The Balaban J connectivity index is 2.25. The molecule has 4 heteroatoms. The van der Waals surface area contributed by atoms with E-state index in [1.807, 2.05) is 30.0 Å². The second-order valence-electron chi connectivity index (χ2n) is 4.17. The minimum atomic E-state index is 0.683. The first kappa shape index (κ1) is 13.0. The smallest absolute Gasteiger partial charge is 0.152 e. The summed E-state index contributed by atoms with van der Waals surface area (Å²) in [5, 5.41) is 0.683. The molecule has 1 fully saturated rings. The summed E-state index contributed by atoms with van der Waals surface area (Å²) in [5.41, 5.74) is 1.85. The van der Waals surface area contributed by atoms with Gasteiger partial charge in [-0.25, -0.2) is 0 Å². The van der Waals surface area contributed by atoms with E-state index in [2.05, 4.69) is 27.8 Å². The molecule has 0 amide bonds. The molecule has 0 aliphatic carbocycles. The van der Waals surface area contributed by atoms with E-state index >= 15 is 0 Å². The lowest BCUT2D eigenvalue weighted by molar-refractivity contribution is 0.112. The Labute approximate surface area is 115 Å². The Morgan fingerprint density at radius 1 is 1.59 bits per heavy atom. The summed E-state index contributed by atoms with van der Waals surface area (Å²) in [6.45, 7) is 4.29. The van der Waals surface area contributed by atoms with Crippen LogP contribution < -0.4 is 4.90 Å². The Morgan fingerprint density at radius 2 is 2.41 bits per heavy atom. The van der Waals surface area contributed by atoms with Crippen LogP contribution in [0.2, 0.25) is 0 Å². The molecular formula is C13H16BrNOS. The van der Waals surface area contributed by atoms with Crippen LogP contribution in [0.5, 0.6) is 0 Å². The van der Waals surface area contributed by atoms with E-state index < -0.39 is 0 Å². The van der Waals surface area contributed by atoms with Gasteiger partial charge in [0.15, 0.2) is 6.29 Å². The summed E-state index contributed by atoms with van der Waals surface area (Å²) in [6, 6.07) is 5.85. The maximum atomic E-state index is 11.1. The van der Waals surface area contributed by atoms with Crippen LogP contribution in [0, 0.1) is 0 Å². The molecule has 0 saturated carbocycles. The Kier molecular flexibility index (Phi) is 4.51. The number of hydrogen-bond donors (Lipinski definition) is 0. The molecule has 1 heterocycles. The number of nitrogens with zero attached hydrogens (tertiary/aromatic N) is 1. The standard InChI is InChI=1S/C13H16BrNOS/c1-2-12-8-15(5-6-17-12)13-7-11(14)4-3-10(13)9-16/h3-4,7,9,12H,2,5-6,8H2,1H3. The van der Waals surface area contributed by atoms with Crippen LogP contribution in [0.3, 0.4) is 0 Å². The number of carbonyl (C=O) groups is 1. The summed E-state index contributed by atoms with van der Waals surface area (Å²) >= 11 is 5.51. The maximum absolute atomic E-state index is 11.1. The van der Waals surface area contributed by atoms with Gasteiger partial charge in [0.1, 0.15) is 0 Å². The van der Waals surface area contributed by atoms with E-state index in [0.29, 0.717) is 5.25 Å². The third kappa shape index (κ3) is 3.05. The first-order valence-corrected chi connectivity index (χ1v) is 7.70. The molecule has 0 spiro atoms. The molecule has 0 N–H and O–H groups in total. The lowest BCUT2D eigenvalue weighted by Crippen LogP contribution is -2.38. The van der Waals surface area contributed by atoms with Crippen molar-refractivity contribution in [2.24, 2.45) is 0 Å². The van der Waals surface area contributed by atoms with Crippen molar-refractivity contribution in [3.05, 3.63) is 28.2 Å². The minimum absolute atomic E-state index is 0.683. The molecule has 1 atom stereocenters. The fourth-order valence-corrected chi connectivity index (χ4v) is 3.60. The fourth-order valence-electron chi connectivity index (χ4n) is 2.08. The Bertz CT molecular complexity index is 410. The second kappa shape index (κ2) is 5.91. The van der Waals surface area contributed by atoms with Gasteiger partial charge in [0.05, 0.1) is 0 Å². The SMILES string of the molecule is CCC1CN(c2cc(Br)ccc2C=O)CCS1. The van der Waals surface area contributed by atoms with Crippen LogP contribution >= 0.6 is 27.7 Å². The molecule has 1 aliphatic rings. The van der Waals surface area contributed by atoms with Crippen molar-refractivity contribution in [2.75, 3.05) is 23.7 Å². The van der Waals surface area contributed by atoms with Crippen molar-refractivity contribution in [3.8, 4) is 0 Å². The number of rotatable bonds is 3. The van der Waals surface area contributed by atoms with E-state index in [0.717, 1.165) is 40.9 Å². The van der Waals surface area contributed by atoms with Gasteiger partial charge in [0.25, 0.3) is 0 Å². The van der Waals surface area contributed by atoms with Crippen LogP contribution in [0.4, 0.5) is 5.69 Å². The third-order valence-corrected chi connectivity index (χ3v) is 4.92. The number of anilines is 1. The first-order valence-electron chi connectivity index (χ1n) is 5.86. The molecule has 0 bridgehead atoms. The zero-order valence-corrected chi connectivity index (χ0v) is 12.3. The molecule has 1 unspecified atom stereocenters. The van der Waals surface area contributed by atoms with Crippen molar-refractivity contribution in [1.29, 1.82) is 0 Å². The molecule has 0 aromatic heterocycles. The molecule has 0 radical (unpaired) electrons. The van der Waals surface area contributed by atoms with Crippen LogP contribution in [0.15, 0.2) is 22.7 Å². The lowest BCUT2D eigenvalue weighted by atomic mass is 10.1. The molecule has 1 saturated heterocycles. The van der Waals surface area contributed by atoms with E-state index in [1.165, 1.54) is 6.42 Å². The lowest BCUT2D eigenvalue weighted by Gasteiger charge is -2.34. The maximum Gasteiger partial charge on any atom is 0.152 e. The summed E-state index contributed by atoms with van der Waals surface area (Å²) < 4.78 is 1.03. The number of halogens is 1. The predicted molar refractivity (Wildman–Crippen MR) is 78.3 cm³/mol. The van der Waals surface area contributed by atoms with Crippen molar-refractivity contribution < 1.29 is 4.79 Å². The average molecular weight is 314 g/mol. The van der Waals surface area contributed by atoms with Gasteiger partial charge in [-0.1, -0.05) is 22.9 Å². The van der Waals surface area contributed by atoms with Crippen LogP contribution in [0.1, 0.15) is 23.7 Å². The molecule has 92 valence electrons. The van der Waals surface area contributed by atoms with Gasteiger partial charge in [-0.3, -0.25) is 4.79 Å². The van der Waals surface area contributed by atoms with Gasteiger partial charge in [0.2, 0.25) is 0 Å². The van der Waals surface area contributed by atoms with E-state index in [-0.39, 0.29) is 0 Å². The number of aldehydes is 1. The van der Waals surface area contributed by atoms with Crippen LogP contribution in [-0.2, 0) is 0 Å². The number of benzene rings is 1. The molecule has 1 aromatic carbocycles. The monoisotopic (exact) mass is 313 g/mol. The fraction of sp³-hybridized carbons (Fsp3) is 0.462. The minimum Gasteiger partial charge on any atom is -0.369 e. The zero-order valence-electron chi connectivity index (χ0n) is 9.86. The van der Waals surface area contributed by atoms with Gasteiger partial charge in [-0.15, -0.1) is 0 Å². The molecular weight excluding hydrogens is 298 g/mol. The Morgan fingerprint density at radius 3 is 3.12 bits per heavy atom. The summed E-state index contributed by atoms with van der Waals surface area (Å²) in [7, 11) is 0. The highest BCUT2D eigenvalue weighted by atomic mass is 79.9. The molecule has 2 nitrogen and oxygen atoms in total. The van der Waals surface area contributed by atoms with E-state index in [1.54, 1.807) is 0 Å². The van der Waals surface area contributed by atoms with Crippen LogP contribution in [-0.4, -0.2) is 30.4 Å². The van der Waals surface area contributed by atoms with Crippen molar-refractivity contribution in [1.82, 2.24) is 0 Å². The summed E-state index contributed by atoms with van der Waals surface area (Å²) in [5.74, 6) is 1.14. The highest BCUT2D eigenvalue weighted by Gasteiger charge is 2.21. The zero-order chi connectivity index (χ0) is 12.3. The van der Waals surface area contributed by atoms with Crippen molar-refractivity contribution in [2.45, 2.75) is 18.6 Å². The quantitative estimate of drug-likeness (QED) is 0.795. The van der Waals surface area contributed by atoms with Gasteiger partial charge < -0.3 is 4.90 Å². The normalized spacial score (nSPS) is 20.4. The van der Waals surface area contributed by atoms with E-state index in [4.69, 9.17) is 0 Å². The second-order valence-corrected chi connectivity index (χ2v) is 6.49. The van der Waals surface area contributed by atoms with Crippen molar-refractivity contribution in [3.63, 3.8) is 0 Å². The Hall–Kier alpha value is -0.480. The van der Waals surface area contributed by atoms with Gasteiger partial charge in [0, 0.05) is 39.8 Å². The number of thioether (sulfide) groups is 1. The van der Waals surface area contributed by atoms with Gasteiger partial charge in [-0.2, -0.15) is 11.8 Å². The van der Waals surface area contributed by atoms with Gasteiger partial charge in [-0.05, 0) is 24.6 Å². The highest BCUT2D eigenvalue weighted by Crippen LogP contribution is 2.29. The molecule has 1 aliphatic heterocycles. The molecule has 2 rings (SSSR count). The predicted octanol–water partition coefficient (Wildman–Crippen LogP) is 3.59. The first-order chi connectivity index (χ1) is 8.24. The van der Waals surface area contributed by atoms with E-state index in [9.17, 15) is 4.79 Å². The number of carbonyl (C=O) groups excluding carboxylic acids is 1. The van der Waals surface area contributed by atoms with Crippen LogP contribution in [0.25, 0.3) is 0 Å². The average Bonchev–Trinajstić information content (AvgIpc) is 2.39. The van der Waals surface area contributed by atoms with Gasteiger partial charge >= 0.3 is 0 Å². The third-order valence-electron chi connectivity index (χ3n) is 3.05. The summed E-state index contributed by atoms with van der Waals surface area (Å²) in [6.07, 6.45) is 2.13. The highest BCUT2D eigenvalue weighted by molar-refractivity contribution is 9.10. The topological polar surface area (TPSA) is 20.3 Å². The number of hydrogen-bond acceptors (Lipinski definition) is 3. The van der Waals surface area contributed by atoms with Crippen molar-refractivity contribution >= 4 is 39.7 Å². The largest absolute Gasteiger partial charge is 0.369 e. The molecule has 17 heavy (non-hydrogen) atoms. The summed E-state index contributed by atoms with van der Waals surface area (Å²) in [4.78, 5) is 13.4. The molecule has 1 aromatic rings.